The van der Waals surface area contributed by atoms with Gasteiger partial charge in [-0.2, -0.15) is 0 Å². The van der Waals surface area contributed by atoms with E-state index in [9.17, 15) is 13.6 Å². The van der Waals surface area contributed by atoms with Crippen LogP contribution in [0, 0.1) is 11.6 Å². The zero-order chi connectivity index (χ0) is 12.1. The topological polar surface area (TPSA) is 58.6 Å². The average molecular weight is 296 g/mol. The molecule has 0 radical (unpaired) electrons. The summed E-state index contributed by atoms with van der Waals surface area (Å²) in [5.41, 5.74) is -0.212. The van der Waals surface area contributed by atoms with Gasteiger partial charge in [-0.25, -0.2) is 13.6 Å². The minimum absolute atomic E-state index is 0.0198. The second-order valence-corrected chi connectivity index (χ2v) is 3.59. The number of hydrogen-bond acceptors (Lipinski definition) is 3. The lowest BCUT2D eigenvalue weighted by Crippen LogP contribution is -2.16. The van der Waals surface area contributed by atoms with Crippen molar-refractivity contribution < 1.29 is 23.4 Å². The average Bonchev–Trinajstić information content (AvgIpc) is 2.23. The molecule has 88 valence electrons. The van der Waals surface area contributed by atoms with Crippen molar-refractivity contribution in [1.82, 2.24) is 0 Å². The maximum atomic E-state index is 13.1. The van der Waals surface area contributed by atoms with Gasteiger partial charge in [-0.3, -0.25) is 5.32 Å². The van der Waals surface area contributed by atoms with Crippen molar-refractivity contribution in [3.63, 3.8) is 0 Å². The molecule has 0 aliphatic carbocycles. The molecule has 4 nitrogen and oxygen atoms in total. The smallest absolute Gasteiger partial charge is 0.411 e. The molecule has 0 aliphatic heterocycles. The summed E-state index contributed by atoms with van der Waals surface area (Å²) < 4.78 is 30.4. The van der Waals surface area contributed by atoms with E-state index < -0.39 is 17.7 Å². The first-order valence-electron chi connectivity index (χ1n) is 4.23. The molecule has 0 fully saturated rings. The molecule has 0 saturated heterocycles. The molecular formula is C9H8BrF2NO3. The molecule has 0 bridgehead atoms. The summed E-state index contributed by atoms with van der Waals surface area (Å²) in [6.45, 7) is -0.529. The fourth-order valence-corrected chi connectivity index (χ4v) is 1.25. The summed E-state index contributed by atoms with van der Waals surface area (Å²) >= 11 is 2.85. The van der Waals surface area contributed by atoms with Crippen LogP contribution in [0.1, 0.15) is 0 Å². The Hall–Kier alpha value is -1.21. The van der Waals surface area contributed by atoms with Crippen LogP contribution in [0.3, 0.4) is 0 Å². The normalized spacial score (nSPS) is 10.0. The minimum atomic E-state index is -0.925. The van der Waals surface area contributed by atoms with E-state index in [2.05, 4.69) is 26.0 Å². The lowest BCUT2D eigenvalue weighted by molar-refractivity contribution is 0.131. The maximum Gasteiger partial charge on any atom is 0.411 e. The molecule has 7 heteroatoms. The molecule has 1 aromatic carbocycles. The van der Waals surface area contributed by atoms with Crippen LogP contribution in [0.4, 0.5) is 19.3 Å². The first-order valence-corrected chi connectivity index (χ1v) is 5.03. The van der Waals surface area contributed by atoms with E-state index in [1.807, 2.05) is 0 Å². The zero-order valence-electron chi connectivity index (χ0n) is 7.97. The van der Waals surface area contributed by atoms with Gasteiger partial charge in [0.15, 0.2) is 0 Å². The fourth-order valence-electron chi connectivity index (χ4n) is 0.903. The van der Waals surface area contributed by atoms with E-state index >= 15 is 0 Å². The maximum absolute atomic E-state index is 13.1. The quantitative estimate of drug-likeness (QED) is 0.841. The first kappa shape index (κ1) is 12.9. The molecule has 16 heavy (non-hydrogen) atoms. The SMILES string of the molecule is O=C(Nc1cc(Br)c(F)cc1F)OCCO. The highest BCUT2D eigenvalue weighted by atomic mass is 79.9. The second kappa shape index (κ2) is 5.76. The number of amides is 1. The van der Waals surface area contributed by atoms with Gasteiger partial charge < -0.3 is 9.84 Å². The number of aliphatic hydroxyl groups is 1. The highest BCUT2D eigenvalue weighted by molar-refractivity contribution is 9.10. The Morgan fingerprint density at radius 1 is 1.44 bits per heavy atom. The molecule has 0 atom stereocenters. The Morgan fingerprint density at radius 2 is 2.12 bits per heavy atom. The molecule has 1 rings (SSSR count). The van der Waals surface area contributed by atoms with Crippen LogP contribution in [0.5, 0.6) is 0 Å². The molecular weight excluding hydrogens is 288 g/mol. The number of aliphatic hydroxyl groups excluding tert-OH is 1. The van der Waals surface area contributed by atoms with Gasteiger partial charge in [-0.05, 0) is 22.0 Å². The molecule has 1 amide bonds. The Morgan fingerprint density at radius 3 is 2.75 bits per heavy atom. The van der Waals surface area contributed by atoms with Gasteiger partial charge in [0.1, 0.15) is 18.2 Å². The minimum Gasteiger partial charge on any atom is -0.447 e. The molecule has 0 unspecified atom stereocenters. The molecule has 1 aromatic rings. The van der Waals surface area contributed by atoms with Crippen LogP contribution in [0.2, 0.25) is 0 Å². The van der Waals surface area contributed by atoms with Gasteiger partial charge in [0.25, 0.3) is 0 Å². The van der Waals surface area contributed by atoms with Gasteiger partial charge in [-0.15, -0.1) is 0 Å². The Balaban J connectivity index is 2.73. The summed E-state index contributed by atoms with van der Waals surface area (Å²) in [5, 5.41) is 10.4. The third kappa shape index (κ3) is 3.42. The Bertz CT molecular complexity index is 401. The van der Waals surface area contributed by atoms with E-state index in [-0.39, 0.29) is 23.4 Å². The largest absolute Gasteiger partial charge is 0.447 e. The lowest BCUT2D eigenvalue weighted by Gasteiger charge is -2.07. The predicted octanol–water partition coefficient (Wildman–Crippen LogP) is 2.27. The lowest BCUT2D eigenvalue weighted by atomic mass is 10.3. The molecule has 0 saturated carbocycles. The van der Waals surface area contributed by atoms with Crippen LogP contribution in [0.15, 0.2) is 16.6 Å². The van der Waals surface area contributed by atoms with E-state index in [0.717, 1.165) is 6.07 Å². The van der Waals surface area contributed by atoms with Gasteiger partial charge in [0.2, 0.25) is 0 Å². The zero-order valence-corrected chi connectivity index (χ0v) is 9.55. The fraction of sp³-hybridized carbons (Fsp3) is 0.222. The Labute approximate surface area is 98.3 Å². The number of benzene rings is 1. The van der Waals surface area contributed by atoms with Crippen molar-refractivity contribution in [2.45, 2.75) is 0 Å². The standard InChI is InChI=1S/C9H8BrF2NO3/c10-5-3-8(7(12)4-6(5)11)13-9(15)16-2-1-14/h3-4,14H,1-2H2,(H,13,15). The van der Waals surface area contributed by atoms with Gasteiger partial charge >= 0.3 is 6.09 Å². The van der Waals surface area contributed by atoms with Gasteiger partial charge in [0, 0.05) is 6.07 Å². The number of nitrogens with one attached hydrogen (secondary N) is 1. The van der Waals surface area contributed by atoms with Crippen molar-refractivity contribution in [2.75, 3.05) is 18.5 Å². The number of carbonyl (C=O) groups excluding carboxylic acids is 1. The van der Waals surface area contributed by atoms with Crippen molar-refractivity contribution in [2.24, 2.45) is 0 Å². The summed E-state index contributed by atoms with van der Waals surface area (Å²) in [5.74, 6) is -1.69. The number of carbonyl (C=O) groups is 1. The monoisotopic (exact) mass is 295 g/mol. The molecule has 0 spiro atoms. The third-order valence-electron chi connectivity index (χ3n) is 1.57. The van der Waals surface area contributed by atoms with Gasteiger partial charge in [0.05, 0.1) is 16.8 Å². The summed E-state index contributed by atoms with van der Waals surface area (Å²) in [6.07, 6.45) is -0.925. The van der Waals surface area contributed by atoms with Crippen molar-refractivity contribution >= 4 is 27.7 Å². The predicted molar refractivity (Wildman–Crippen MR) is 56.1 cm³/mol. The number of ether oxygens (including phenoxy) is 1. The number of anilines is 1. The van der Waals surface area contributed by atoms with Crippen molar-refractivity contribution in [3.8, 4) is 0 Å². The van der Waals surface area contributed by atoms with Crippen LogP contribution < -0.4 is 5.32 Å². The van der Waals surface area contributed by atoms with E-state index in [1.54, 1.807) is 0 Å². The highest BCUT2D eigenvalue weighted by Gasteiger charge is 2.11. The third-order valence-corrected chi connectivity index (χ3v) is 2.18. The highest BCUT2D eigenvalue weighted by Crippen LogP contribution is 2.23. The molecule has 0 aliphatic rings. The van der Waals surface area contributed by atoms with Crippen LogP contribution in [0.25, 0.3) is 0 Å². The summed E-state index contributed by atoms with van der Waals surface area (Å²) in [4.78, 5) is 11.0. The summed E-state index contributed by atoms with van der Waals surface area (Å²) in [7, 11) is 0. The van der Waals surface area contributed by atoms with Gasteiger partial charge in [-0.1, -0.05) is 0 Å². The number of hydrogen-bond donors (Lipinski definition) is 2. The van der Waals surface area contributed by atoms with E-state index in [4.69, 9.17) is 5.11 Å². The summed E-state index contributed by atoms with van der Waals surface area (Å²) in [6, 6.07) is 1.70. The molecule has 2 N–H and O–H groups in total. The van der Waals surface area contributed by atoms with Crippen molar-refractivity contribution in [3.05, 3.63) is 28.2 Å². The van der Waals surface area contributed by atoms with E-state index in [1.165, 1.54) is 0 Å². The van der Waals surface area contributed by atoms with Crippen molar-refractivity contribution in [1.29, 1.82) is 0 Å². The number of rotatable bonds is 3. The molecule has 0 heterocycles. The van der Waals surface area contributed by atoms with E-state index in [0.29, 0.717) is 6.07 Å². The Kier molecular flexibility index (Phi) is 4.63. The van der Waals surface area contributed by atoms with Crippen LogP contribution in [-0.4, -0.2) is 24.4 Å². The molecule has 0 aromatic heterocycles. The number of halogens is 3. The second-order valence-electron chi connectivity index (χ2n) is 2.73. The van der Waals surface area contributed by atoms with Crippen LogP contribution in [-0.2, 0) is 4.74 Å². The first-order chi connectivity index (χ1) is 7.54. The van der Waals surface area contributed by atoms with Crippen LogP contribution >= 0.6 is 15.9 Å².